The summed E-state index contributed by atoms with van der Waals surface area (Å²) < 4.78 is 15.9. The van der Waals surface area contributed by atoms with Crippen molar-refractivity contribution in [3.63, 3.8) is 0 Å². The first-order valence-corrected chi connectivity index (χ1v) is 6.53. The number of hydrogen-bond donors (Lipinski definition) is 2. The lowest BCUT2D eigenvalue weighted by Crippen LogP contribution is -2.47. The molecule has 0 aliphatic carbocycles. The maximum absolute atomic E-state index is 12.1. The van der Waals surface area contributed by atoms with Gasteiger partial charge in [-0.1, -0.05) is 12.1 Å². The number of fused-ring (bicyclic) bond motifs is 1. The van der Waals surface area contributed by atoms with Gasteiger partial charge in [0.15, 0.2) is 6.10 Å². The molecule has 1 aliphatic rings. The summed E-state index contributed by atoms with van der Waals surface area (Å²) >= 11 is 0. The Kier molecular flexibility index (Phi) is 5.20. The molecular weight excluding hydrogens is 260 g/mol. The van der Waals surface area contributed by atoms with Crippen molar-refractivity contribution in [2.45, 2.75) is 12.2 Å². The van der Waals surface area contributed by atoms with Crippen molar-refractivity contribution in [3.05, 3.63) is 24.3 Å². The third-order valence-electron chi connectivity index (χ3n) is 3.12. The fourth-order valence-electron chi connectivity index (χ4n) is 1.98. The van der Waals surface area contributed by atoms with Gasteiger partial charge in [-0.15, -0.1) is 0 Å². The SMILES string of the molecule is COCC(CNC(=O)C1CNc2ccccc2O1)OC. The maximum atomic E-state index is 12.1. The molecule has 2 unspecified atom stereocenters. The van der Waals surface area contributed by atoms with E-state index in [9.17, 15) is 4.79 Å². The predicted octanol–water partition coefficient (Wildman–Crippen LogP) is 0.637. The number of rotatable bonds is 6. The van der Waals surface area contributed by atoms with E-state index >= 15 is 0 Å². The molecular formula is C14H20N2O4. The highest BCUT2D eigenvalue weighted by Crippen LogP contribution is 2.28. The first kappa shape index (κ1) is 14.6. The first-order chi connectivity index (χ1) is 9.74. The molecule has 0 spiro atoms. The van der Waals surface area contributed by atoms with Crippen LogP contribution in [-0.4, -0.2) is 52.0 Å². The summed E-state index contributed by atoms with van der Waals surface area (Å²) in [6, 6.07) is 7.55. The number of amides is 1. The average molecular weight is 280 g/mol. The molecule has 110 valence electrons. The maximum Gasteiger partial charge on any atom is 0.263 e. The second-order valence-corrected chi connectivity index (χ2v) is 4.54. The van der Waals surface area contributed by atoms with Crippen LogP contribution in [0.1, 0.15) is 0 Å². The number of benzene rings is 1. The molecule has 1 aromatic carbocycles. The highest BCUT2D eigenvalue weighted by Gasteiger charge is 2.25. The van der Waals surface area contributed by atoms with Crippen LogP contribution in [0.5, 0.6) is 5.75 Å². The molecule has 0 radical (unpaired) electrons. The lowest BCUT2D eigenvalue weighted by molar-refractivity contribution is -0.128. The molecule has 1 heterocycles. The van der Waals surface area contributed by atoms with E-state index in [2.05, 4.69) is 10.6 Å². The minimum Gasteiger partial charge on any atom is -0.477 e. The summed E-state index contributed by atoms with van der Waals surface area (Å²) in [5, 5.41) is 5.99. The molecule has 0 saturated heterocycles. The number of methoxy groups -OCH3 is 2. The van der Waals surface area contributed by atoms with E-state index in [0.29, 0.717) is 25.4 Å². The molecule has 1 aromatic rings. The zero-order valence-electron chi connectivity index (χ0n) is 11.7. The van der Waals surface area contributed by atoms with Crippen LogP contribution in [0, 0.1) is 0 Å². The Morgan fingerprint density at radius 1 is 1.50 bits per heavy atom. The van der Waals surface area contributed by atoms with Gasteiger partial charge >= 0.3 is 0 Å². The molecule has 0 aromatic heterocycles. The fourth-order valence-corrected chi connectivity index (χ4v) is 1.98. The summed E-state index contributed by atoms with van der Waals surface area (Å²) in [4.78, 5) is 12.1. The van der Waals surface area contributed by atoms with Gasteiger partial charge in [0.1, 0.15) is 5.75 Å². The Balaban J connectivity index is 1.85. The monoisotopic (exact) mass is 280 g/mol. The van der Waals surface area contributed by atoms with Crippen molar-refractivity contribution in [2.75, 3.05) is 39.2 Å². The zero-order chi connectivity index (χ0) is 14.4. The molecule has 1 aliphatic heterocycles. The average Bonchev–Trinajstić information content (AvgIpc) is 2.50. The second-order valence-electron chi connectivity index (χ2n) is 4.54. The normalized spacial score (nSPS) is 18.4. The number of para-hydroxylation sites is 2. The minimum atomic E-state index is -0.537. The highest BCUT2D eigenvalue weighted by atomic mass is 16.5. The number of carbonyl (C=O) groups excluding carboxylic acids is 1. The smallest absolute Gasteiger partial charge is 0.263 e. The van der Waals surface area contributed by atoms with Crippen LogP contribution in [0.15, 0.2) is 24.3 Å². The molecule has 6 nitrogen and oxygen atoms in total. The number of anilines is 1. The van der Waals surface area contributed by atoms with Crippen molar-refractivity contribution in [3.8, 4) is 5.75 Å². The summed E-state index contributed by atoms with van der Waals surface area (Å²) in [6.07, 6.45) is -0.697. The van der Waals surface area contributed by atoms with Crippen LogP contribution >= 0.6 is 0 Å². The third kappa shape index (κ3) is 3.61. The lowest BCUT2D eigenvalue weighted by Gasteiger charge is -2.27. The van der Waals surface area contributed by atoms with Crippen LogP contribution < -0.4 is 15.4 Å². The van der Waals surface area contributed by atoms with E-state index in [1.807, 2.05) is 24.3 Å². The van der Waals surface area contributed by atoms with Gasteiger partial charge in [-0.05, 0) is 12.1 Å². The predicted molar refractivity (Wildman–Crippen MR) is 75.0 cm³/mol. The molecule has 0 fully saturated rings. The van der Waals surface area contributed by atoms with Crippen molar-refractivity contribution in [1.29, 1.82) is 0 Å². The number of hydrogen-bond acceptors (Lipinski definition) is 5. The van der Waals surface area contributed by atoms with E-state index in [4.69, 9.17) is 14.2 Å². The lowest BCUT2D eigenvalue weighted by atomic mass is 10.2. The van der Waals surface area contributed by atoms with E-state index in [0.717, 1.165) is 5.69 Å². The van der Waals surface area contributed by atoms with Gasteiger partial charge in [0.25, 0.3) is 5.91 Å². The molecule has 2 rings (SSSR count). The quantitative estimate of drug-likeness (QED) is 0.800. The van der Waals surface area contributed by atoms with E-state index in [1.54, 1.807) is 14.2 Å². The molecule has 2 N–H and O–H groups in total. The largest absolute Gasteiger partial charge is 0.477 e. The van der Waals surface area contributed by atoms with Crippen LogP contribution in [0.2, 0.25) is 0 Å². The minimum absolute atomic E-state index is 0.159. The fraction of sp³-hybridized carbons (Fsp3) is 0.500. The molecule has 0 bridgehead atoms. The standard InChI is InChI=1S/C14H20N2O4/c1-18-9-10(19-2)7-16-14(17)13-8-15-11-5-3-4-6-12(11)20-13/h3-6,10,13,15H,7-9H2,1-2H3,(H,16,17). The summed E-state index contributed by atoms with van der Waals surface area (Å²) in [6.45, 7) is 1.28. The number of carbonyl (C=O) groups is 1. The van der Waals surface area contributed by atoms with E-state index < -0.39 is 6.10 Å². The van der Waals surface area contributed by atoms with Gasteiger partial charge in [0, 0.05) is 20.8 Å². The zero-order valence-corrected chi connectivity index (χ0v) is 11.7. The molecule has 0 saturated carbocycles. The van der Waals surface area contributed by atoms with Gasteiger partial charge in [0.05, 0.1) is 24.9 Å². The van der Waals surface area contributed by atoms with Crippen molar-refractivity contribution in [2.24, 2.45) is 0 Å². The summed E-state index contributed by atoms with van der Waals surface area (Å²) in [5.41, 5.74) is 0.908. The number of nitrogens with one attached hydrogen (secondary N) is 2. The van der Waals surface area contributed by atoms with Crippen molar-refractivity contribution in [1.82, 2.24) is 5.32 Å². The first-order valence-electron chi connectivity index (χ1n) is 6.53. The Morgan fingerprint density at radius 2 is 2.30 bits per heavy atom. The summed E-state index contributed by atoms with van der Waals surface area (Å²) in [7, 11) is 3.18. The van der Waals surface area contributed by atoms with Gasteiger partial charge in [-0.3, -0.25) is 4.79 Å². The number of ether oxygens (including phenoxy) is 3. The Morgan fingerprint density at radius 3 is 3.05 bits per heavy atom. The van der Waals surface area contributed by atoms with Gasteiger partial charge in [-0.25, -0.2) is 0 Å². The second kappa shape index (κ2) is 7.12. The van der Waals surface area contributed by atoms with Gasteiger partial charge in [0.2, 0.25) is 0 Å². The summed E-state index contributed by atoms with van der Waals surface area (Å²) in [5.74, 6) is 0.532. The molecule has 1 amide bonds. The molecule has 20 heavy (non-hydrogen) atoms. The topological polar surface area (TPSA) is 68.8 Å². The van der Waals surface area contributed by atoms with Crippen molar-refractivity contribution < 1.29 is 19.0 Å². The van der Waals surface area contributed by atoms with Crippen molar-refractivity contribution >= 4 is 11.6 Å². The van der Waals surface area contributed by atoms with Crippen LogP contribution in [0.25, 0.3) is 0 Å². The third-order valence-corrected chi connectivity index (χ3v) is 3.12. The van der Waals surface area contributed by atoms with Gasteiger partial charge in [-0.2, -0.15) is 0 Å². The Bertz CT molecular complexity index is 453. The Labute approximate surface area is 118 Å². The Hall–Kier alpha value is -1.79. The van der Waals surface area contributed by atoms with Gasteiger partial charge < -0.3 is 24.8 Å². The highest BCUT2D eigenvalue weighted by molar-refractivity contribution is 5.83. The van der Waals surface area contributed by atoms with Crippen LogP contribution in [-0.2, 0) is 14.3 Å². The molecule has 6 heteroatoms. The molecule has 2 atom stereocenters. The van der Waals surface area contributed by atoms with Crippen LogP contribution in [0.4, 0.5) is 5.69 Å². The van der Waals surface area contributed by atoms with Crippen LogP contribution in [0.3, 0.4) is 0 Å². The van der Waals surface area contributed by atoms with E-state index in [-0.39, 0.29) is 12.0 Å². The van der Waals surface area contributed by atoms with E-state index in [1.165, 1.54) is 0 Å².